The van der Waals surface area contributed by atoms with Crippen molar-refractivity contribution in [2.24, 2.45) is 5.92 Å². The molecule has 0 aliphatic carbocycles. The van der Waals surface area contributed by atoms with Gasteiger partial charge in [0.15, 0.2) is 0 Å². The first-order valence-electron chi connectivity index (χ1n) is 12.8. The van der Waals surface area contributed by atoms with Crippen LogP contribution in [-0.4, -0.2) is 41.5 Å². The Kier molecular flexibility index (Phi) is 8.54. The molecule has 4 rings (SSSR count). The number of nitrogens with one attached hydrogen (secondary N) is 1. The molecule has 3 aromatic carbocycles. The van der Waals surface area contributed by atoms with Crippen LogP contribution in [0.2, 0.25) is 0 Å². The molecule has 5 heteroatoms. The van der Waals surface area contributed by atoms with Crippen LogP contribution in [0.3, 0.4) is 0 Å². The lowest BCUT2D eigenvalue weighted by Crippen LogP contribution is -2.31. The second kappa shape index (κ2) is 12.0. The van der Waals surface area contributed by atoms with Crippen LogP contribution in [0.5, 0.6) is 0 Å². The fraction of sp³-hybridized carbons (Fsp3) is 0.400. The van der Waals surface area contributed by atoms with Crippen molar-refractivity contribution in [3.05, 3.63) is 83.9 Å². The molecule has 0 radical (unpaired) electrons. The summed E-state index contributed by atoms with van der Waals surface area (Å²) in [5.41, 5.74) is 2.58. The monoisotopic (exact) mass is 472 g/mol. The van der Waals surface area contributed by atoms with Gasteiger partial charge in [0.05, 0.1) is 0 Å². The van der Waals surface area contributed by atoms with Crippen LogP contribution in [0.25, 0.3) is 10.8 Å². The molecule has 1 heterocycles. The number of carbonyl (C=O) groups is 2. The number of benzene rings is 3. The predicted octanol–water partition coefficient (Wildman–Crippen LogP) is 5.77. The number of unbranched alkanes of at least 4 members (excludes halogenated alkanes) is 2. The van der Waals surface area contributed by atoms with Crippen LogP contribution in [-0.2, 0) is 9.59 Å². The van der Waals surface area contributed by atoms with Crippen molar-refractivity contribution >= 4 is 22.6 Å². The maximum atomic E-state index is 13.0. The zero-order valence-electron chi connectivity index (χ0n) is 20.5. The second-order valence-corrected chi connectivity index (χ2v) is 9.73. The number of fused-ring (bicyclic) bond motifs is 1. The van der Waals surface area contributed by atoms with Gasteiger partial charge in [-0.1, -0.05) is 79.2 Å². The molecule has 0 unspecified atom stereocenters. The van der Waals surface area contributed by atoms with Crippen LogP contribution in [0.1, 0.15) is 62.1 Å². The molecule has 35 heavy (non-hydrogen) atoms. The summed E-state index contributed by atoms with van der Waals surface area (Å²) in [4.78, 5) is 25.7. The van der Waals surface area contributed by atoms with Gasteiger partial charge in [-0.25, -0.2) is 0 Å². The topological polar surface area (TPSA) is 69.6 Å². The lowest BCUT2D eigenvalue weighted by Gasteiger charge is -2.23. The van der Waals surface area contributed by atoms with E-state index in [9.17, 15) is 9.59 Å². The zero-order chi connectivity index (χ0) is 24.6. The number of rotatable bonds is 11. The van der Waals surface area contributed by atoms with Gasteiger partial charge in [-0.05, 0) is 47.6 Å². The Morgan fingerprint density at radius 3 is 2.43 bits per heavy atom. The third-order valence-corrected chi connectivity index (χ3v) is 7.28. The smallest absolute Gasteiger partial charge is 0.303 e. The van der Waals surface area contributed by atoms with Gasteiger partial charge in [0.1, 0.15) is 0 Å². The SMILES string of the molecule is C[C@@H](NC[C@@H]1CN(C(=O)CCCCCC(=O)O)C[C@@H]1c1ccccc1)c1cccc2ccccc12. The van der Waals surface area contributed by atoms with Crippen molar-refractivity contribution in [2.45, 2.75) is 51.0 Å². The first kappa shape index (κ1) is 24.9. The lowest BCUT2D eigenvalue weighted by atomic mass is 9.88. The highest BCUT2D eigenvalue weighted by Crippen LogP contribution is 2.34. The molecule has 1 saturated heterocycles. The number of likely N-dealkylation sites (tertiary alicyclic amines) is 1. The van der Waals surface area contributed by atoms with Crippen molar-refractivity contribution in [3.63, 3.8) is 0 Å². The van der Waals surface area contributed by atoms with Gasteiger partial charge >= 0.3 is 5.97 Å². The summed E-state index contributed by atoms with van der Waals surface area (Å²) in [5, 5.41) is 15.1. The van der Waals surface area contributed by atoms with Crippen molar-refractivity contribution < 1.29 is 14.7 Å². The van der Waals surface area contributed by atoms with Gasteiger partial charge in [0.2, 0.25) is 5.91 Å². The number of nitrogens with zero attached hydrogens (tertiary/aromatic N) is 1. The number of carboxylic acids is 1. The first-order chi connectivity index (χ1) is 17.0. The summed E-state index contributed by atoms with van der Waals surface area (Å²) in [6.45, 7) is 4.55. The number of aliphatic carboxylic acids is 1. The van der Waals surface area contributed by atoms with E-state index in [-0.39, 0.29) is 18.4 Å². The Morgan fingerprint density at radius 2 is 1.63 bits per heavy atom. The van der Waals surface area contributed by atoms with E-state index in [2.05, 4.69) is 79.0 Å². The van der Waals surface area contributed by atoms with Gasteiger partial charge in [-0.15, -0.1) is 0 Å². The van der Waals surface area contributed by atoms with Crippen molar-refractivity contribution in [3.8, 4) is 0 Å². The third-order valence-electron chi connectivity index (χ3n) is 7.28. The molecule has 0 bridgehead atoms. The molecule has 3 atom stereocenters. The van der Waals surface area contributed by atoms with Crippen molar-refractivity contribution in [1.29, 1.82) is 0 Å². The summed E-state index contributed by atoms with van der Waals surface area (Å²) in [7, 11) is 0. The van der Waals surface area contributed by atoms with E-state index < -0.39 is 5.97 Å². The van der Waals surface area contributed by atoms with E-state index in [1.165, 1.54) is 21.9 Å². The average Bonchev–Trinajstić information content (AvgIpc) is 3.31. The van der Waals surface area contributed by atoms with Gasteiger partial charge in [-0.2, -0.15) is 0 Å². The Hall–Kier alpha value is -3.18. The molecule has 0 aromatic heterocycles. The second-order valence-electron chi connectivity index (χ2n) is 9.73. The third kappa shape index (κ3) is 6.49. The molecule has 5 nitrogen and oxygen atoms in total. The van der Waals surface area contributed by atoms with Crippen LogP contribution in [0.4, 0.5) is 0 Å². The summed E-state index contributed by atoms with van der Waals surface area (Å²) < 4.78 is 0. The number of carboxylic acid groups (broad SMARTS) is 1. The maximum absolute atomic E-state index is 13.0. The van der Waals surface area contributed by atoms with Gasteiger partial charge < -0.3 is 15.3 Å². The Balaban J connectivity index is 1.40. The van der Waals surface area contributed by atoms with Crippen LogP contribution in [0, 0.1) is 5.92 Å². The zero-order valence-corrected chi connectivity index (χ0v) is 20.5. The minimum Gasteiger partial charge on any atom is -0.481 e. The number of carbonyl (C=O) groups excluding carboxylic acids is 1. The average molecular weight is 473 g/mol. The Labute approximate surface area is 208 Å². The molecular weight excluding hydrogens is 436 g/mol. The van der Waals surface area contributed by atoms with Crippen molar-refractivity contribution in [2.75, 3.05) is 19.6 Å². The molecule has 1 aliphatic heterocycles. The lowest BCUT2D eigenvalue weighted by molar-refractivity contribution is -0.137. The van der Waals surface area contributed by atoms with E-state index in [1.807, 2.05) is 11.0 Å². The van der Waals surface area contributed by atoms with Gasteiger partial charge in [0, 0.05) is 44.4 Å². The predicted molar refractivity (Wildman–Crippen MR) is 140 cm³/mol. The number of hydrogen-bond donors (Lipinski definition) is 2. The van der Waals surface area contributed by atoms with Crippen LogP contribution >= 0.6 is 0 Å². The molecule has 184 valence electrons. The quantitative estimate of drug-likeness (QED) is 0.348. The van der Waals surface area contributed by atoms with Crippen LogP contribution < -0.4 is 5.32 Å². The van der Waals surface area contributed by atoms with E-state index in [4.69, 9.17) is 5.11 Å². The summed E-state index contributed by atoms with van der Waals surface area (Å²) in [6, 6.07) is 25.7. The number of hydrogen-bond acceptors (Lipinski definition) is 3. The minimum absolute atomic E-state index is 0.177. The largest absolute Gasteiger partial charge is 0.481 e. The van der Waals surface area contributed by atoms with Crippen LogP contribution in [0.15, 0.2) is 72.8 Å². The Morgan fingerprint density at radius 1 is 0.914 bits per heavy atom. The molecule has 0 saturated carbocycles. The molecule has 1 amide bonds. The summed E-state index contributed by atoms with van der Waals surface area (Å²) >= 11 is 0. The molecule has 1 fully saturated rings. The minimum atomic E-state index is -0.769. The fourth-order valence-electron chi connectivity index (χ4n) is 5.31. The van der Waals surface area contributed by atoms with E-state index in [0.29, 0.717) is 24.7 Å². The molecular formula is C30H36N2O3. The maximum Gasteiger partial charge on any atom is 0.303 e. The van der Waals surface area contributed by atoms with Gasteiger partial charge in [0.25, 0.3) is 0 Å². The van der Waals surface area contributed by atoms with Crippen molar-refractivity contribution in [1.82, 2.24) is 10.2 Å². The highest BCUT2D eigenvalue weighted by molar-refractivity contribution is 5.86. The summed E-state index contributed by atoms with van der Waals surface area (Å²) in [6.07, 6.45) is 2.83. The molecule has 1 aliphatic rings. The molecule has 3 aromatic rings. The van der Waals surface area contributed by atoms with E-state index >= 15 is 0 Å². The Bertz CT molecular complexity index is 1130. The molecule has 2 N–H and O–H groups in total. The van der Waals surface area contributed by atoms with Gasteiger partial charge in [-0.3, -0.25) is 9.59 Å². The highest BCUT2D eigenvalue weighted by atomic mass is 16.4. The summed E-state index contributed by atoms with van der Waals surface area (Å²) in [5.74, 6) is 0.0608. The fourth-order valence-corrected chi connectivity index (χ4v) is 5.31. The highest BCUT2D eigenvalue weighted by Gasteiger charge is 2.35. The molecule has 0 spiro atoms. The standard InChI is InChI=1S/C30H36N2O3/c1-22(26-16-10-14-23-13-8-9-15-27(23)26)31-19-25-20-32(21-28(25)24-11-4-2-5-12-24)29(33)17-6-3-7-18-30(34)35/h2,4-5,8-16,22,25,28,31H,3,6-7,17-21H2,1H3,(H,34,35)/t22-,25-,28-/m1/s1. The van der Waals surface area contributed by atoms with E-state index in [1.54, 1.807) is 0 Å². The van der Waals surface area contributed by atoms with E-state index in [0.717, 1.165) is 32.5 Å². The normalized spacial score (nSPS) is 18.6. The number of amides is 1. The first-order valence-corrected chi connectivity index (χ1v) is 12.8.